The number of anilines is 1. The number of H-pyrrole nitrogens is 1. The van der Waals surface area contributed by atoms with E-state index in [2.05, 4.69) is 34.5 Å². The summed E-state index contributed by atoms with van der Waals surface area (Å²) < 4.78 is 10.9. The van der Waals surface area contributed by atoms with Crippen LogP contribution < -0.4 is 5.32 Å². The van der Waals surface area contributed by atoms with Crippen LogP contribution in [0.5, 0.6) is 0 Å². The van der Waals surface area contributed by atoms with Gasteiger partial charge in [-0.15, -0.1) is 0 Å². The van der Waals surface area contributed by atoms with Gasteiger partial charge < -0.3 is 19.5 Å². The second-order valence-electron chi connectivity index (χ2n) is 8.57. The van der Waals surface area contributed by atoms with E-state index in [9.17, 15) is 9.59 Å². The Morgan fingerprint density at radius 2 is 2.00 bits per heavy atom. The van der Waals surface area contributed by atoms with Crippen LogP contribution in [-0.4, -0.2) is 50.4 Å². The summed E-state index contributed by atoms with van der Waals surface area (Å²) in [6.07, 6.45) is 4.39. The molecule has 2 fully saturated rings. The van der Waals surface area contributed by atoms with Crippen molar-refractivity contribution < 1.29 is 18.8 Å². The van der Waals surface area contributed by atoms with Crippen LogP contribution >= 0.6 is 0 Å². The molecule has 0 bridgehead atoms. The van der Waals surface area contributed by atoms with E-state index >= 15 is 0 Å². The molecule has 0 aromatic carbocycles. The lowest BCUT2D eigenvalue weighted by molar-refractivity contribution is -0.115. The lowest BCUT2D eigenvalue weighted by Gasteiger charge is -2.27. The number of amides is 2. The number of hydrogen-bond acceptors (Lipinski definition) is 6. The largest absolute Gasteiger partial charge is 0.446 e. The highest BCUT2D eigenvalue weighted by Crippen LogP contribution is 2.36. The molecular weight excluding hydrogens is 386 g/mol. The van der Waals surface area contributed by atoms with Crippen molar-refractivity contribution in [3.05, 3.63) is 29.3 Å². The molecule has 4 atom stereocenters. The molecule has 1 aliphatic carbocycles. The van der Waals surface area contributed by atoms with E-state index in [1.807, 2.05) is 17.9 Å². The molecule has 0 radical (unpaired) electrons. The Morgan fingerprint density at radius 3 is 2.70 bits per heavy atom. The van der Waals surface area contributed by atoms with Crippen LogP contribution in [0.4, 0.5) is 10.6 Å². The van der Waals surface area contributed by atoms with Gasteiger partial charge in [0.25, 0.3) is 0 Å². The number of carbonyl (C=O) groups excluding carboxylic acids is 2. The van der Waals surface area contributed by atoms with Gasteiger partial charge in [0.15, 0.2) is 5.82 Å². The SMILES string of the molecule is Cc1cc(CC(=O)Nc2cc([C@H]3CC[C@@H](OC(=O)N4[C@@H](C)CC[C@@H]4C)C3)[nH]n2)on1. The van der Waals surface area contributed by atoms with Gasteiger partial charge in [-0.3, -0.25) is 9.89 Å². The summed E-state index contributed by atoms with van der Waals surface area (Å²) in [5.41, 5.74) is 1.69. The molecule has 1 aliphatic heterocycles. The van der Waals surface area contributed by atoms with Crippen LogP contribution in [0.3, 0.4) is 0 Å². The van der Waals surface area contributed by atoms with Crippen molar-refractivity contribution in [3.8, 4) is 0 Å². The number of likely N-dealkylation sites (tertiary alicyclic amines) is 1. The Morgan fingerprint density at radius 1 is 1.23 bits per heavy atom. The molecule has 2 N–H and O–H groups in total. The van der Waals surface area contributed by atoms with E-state index in [0.717, 1.165) is 43.5 Å². The molecule has 9 nitrogen and oxygen atoms in total. The molecule has 1 saturated carbocycles. The third-order valence-corrected chi connectivity index (χ3v) is 6.13. The van der Waals surface area contributed by atoms with Crippen molar-refractivity contribution in [1.29, 1.82) is 0 Å². The standard InChI is InChI=1S/C21H29N5O4/c1-12-8-17(30-25-12)10-20(27)22-19-11-18(23-24-19)15-6-7-16(9-15)29-21(28)26-13(2)4-5-14(26)3/h8,11,13-16H,4-7,9-10H2,1-3H3,(H2,22,23,24,27)/t13-,14-,15-,16+/m0/s1. The van der Waals surface area contributed by atoms with Crippen molar-refractivity contribution in [2.24, 2.45) is 0 Å². The van der Waals surface area contributed by atoms with Gasteiger partial charge in [-0.25, -0.2) is 4.79 Å². The maximum absolute atomic E-state index is 12.6. The molecule has 1 saturated heterocycles. The first kappa shape index (κ1) is 20.4. The van der Waals surface area contributed by atoms with E-state index in [1.54, 1.807) is 6.07 Å². The highest BCUT2D eigenvalue weighted by Gasteiger charge is 2.36. The topological polar surface area (TPSA) is 113 Å². The molecule has 0 unspecified atom stereocenters. The third kappa shape index (κ3) is 4.49. The van der Waals surface area contributed by atoms with Gasteiger partial charge in [-0.05, 0) is 52.9 Å². The van der Waals surface area contributed by atoms with Crippen LogP contribution in [0.2, 0.25) is 0 Å². The monoisotopic (exact) mass is 415 g/mol. The van der Waals surface area contributed by atoms with E-state index in [4.69, 9.17) is 9.26 Å². The zero-order valence-corrected chi connectivity index (χ0v) is 17.7. The highest BCUT2D eigenvalue weighted by atomic mass is 16.6. The van der Waals surface area contributed by atoms with Crippen LogP contribution in [-0.2, 0) is 16.0 Å². The average molecular weight is 415 g/mol. The number of nitrogens with zero attached hydrogens (tertiary/aromatic N) is 3. The minimum atomic E-state index is -0.212. The lowest BCUT2D eigenvalue weighted by atomic mass is 10.0. The number of aryl methyl sites for hydroxylation is 1. The van der Waals surface area contributed by atoms with Gasteiger partial charge in [0, 0.05) is 35.8 Å². The molecular formula is C21H29N5O4. The lowest BCUT2D eigenvalue weighted by Crippen LogP contribution is -2.40. The third-order valence-electron chi connectivity index (χ3n) is 6.13. The zero-order chi connectivity index (χ0) is 21.3. The van der Waals surface area contributed by atoms with Crippen LogP contribution in [0.15, 0.2) is 16.7 Å². The summed E-state index contributed by atoms with van der Waals surface area (Å²) in [5.74, 6) is 1.01. The fraction of sp³-hybridized carbons (Fsp3) is 0.619. The van der Waals surface area contributed by atoms with E-state index in [1.165, 1.54) is 0 Å². The van der Waals surface area contributed by atoms with Gasteiger partial charge in [-0.1, -0.05) is 5.16 Å². The molecule has 30 heavy (non-hydrogen) atoms. The normalized spacial score (nSPS) is 26.2. The first-order chi connectivity index (χ1) is 14.4. The molecule has 2 aromatic rings. The Balaban J connectivity index is 1.28. The first-order valence-electron chi connectivity index (χ1n) is 10.7. The number of carbonyl (C=O) groups is 2. The van der Waals surface area contributed by atoms with Crippen molar-refractivity contribution in [2.75, 3.05) is 5.32 Å². The summed E-state index contributed by atoms with van der Waals surface area (Å²) >= 11 is 0. The van der Waals surface area contributed by atoms with Gasteiger partial charge in [-0.2, -0.15) is 5.10 Å². The number of aromatic amines is 1. The number of ether oxygens (including phenoxy) is 1. The maximum Gasteiger partial charge on any atom is 0.410 e. The van der Waals surface area contributed by atoms with Gasteiger partial charge in [0.1, 0.15) is 11.9 Å². The predicted molar refractivity (Wildman–Crippen MR) is 109 cm³/mol. The van der Waals surface area contributed by atoms with E-state index in [0.29, 0.717) is 11.6 Å². The Labute approximate surface area is 175 Å². The number of nitrogens with one attached hydrogen (secondary N) is 2. The molecule has 2 aromatic heterocycles. The summed E-state index contributed by atoms with van der Waals surface area (Å²) in [7, 11) is 0. The fourth-order valence-electron chi connectivity index (χ4n) is 4.54. The molecule has 4 rings (SSSR count). The van der Waals surface area contributed by atoms with Crippen molar-refractivity contribution in [3.63, 3.8) is 0 Å². The second kappa shape index (κ2) is 8.49. The van der Waals surface area contributed by atoms with Crippen molar-refractivity contribution >= 4 is 17.8 Å². The zero-order valence-electron chi connectivity index (χ0n) is 17.7. The van der Waals surface area contributed by atoms with E-state index < -0.39 is 0 Å². The van der Waals surface area contributed by atoms with Crippen molar-refractivity contribution in [1.82, 2.24) is 20.3 Å². The smallest absolute Gasteiger partial charge is 0.410 e. The van der Waals surface area contributed by atoms with Gasteiger partial charge in [0.05, 0.1) is 12.1 Å². The summed E-state index contributed by atoms with van der Waals surface area (Å²) in [4.78, 5) is 26.6. The summed E-state index contributed by atoms with van der Waals surface area (Å²) in [6, 6.07) is 4.07. The Hall–Kier alpha value is -2.84. The van der Waals surface area contributed by atoms with Gasteiger partial charge >= 0.3 is 6.09 Å². The molecule has 2 aliphatic rings. The van der Waals surface area contributed by atoms with Crippen LogP contribution in [0.25, 0.3) is 0 Å². The molecule has 3 heterocycles. The maximum atomic E-state index is 12.6. The quantitative estimate of drug-likeness (QED) is 0.772. The number of rotatable bonds is 5. The van der Waals surface area contributed by atoms with Gasteiger partial charge in [0.2, 0.25) is 5.91 Å². The summed E-state index contributed by atoms with van der Waals surface area (Å²) in [6.45, 7) is 5.96. The average Bonchev–Trinajstić information content (AvgIpc) is 3.45. The minimum Gasteiger partial charge on any atom is -0.446 e. The molecule has 162 valence electrons. The Kier molecular flexibility index (Phi) is 5.78. The highest BCUT2D eigenvalue weighted by molar-refractivity contribution is 5.91. The number of hydrogen-bond donors (Lipinski definition) is 2. The molecule has 9 heteroatoms. The first-order valence-corrected chi connectivity index (χ1v) is 10.7. The van der Waals surface area contributed by atoms with Crippen LogP contribution in [0, 0.1) is 6.92 Å². The molecule has 2 amide bonds. The Bertz CT molecular complexity index is 897. The van der Waals surface area contributed by atoms with Crippen molar-refractivity contribution in [2.45, 2.75) is 83.4 Å². The van der Waals surface area contributed by atoms with E-state index in [-0.39, 0.29) is 42.5 Å². The fourth-order valence-corrected chi connectivity index (χ4v) is 4.54. The number of aromatic nitrogens is 3. The second-order valence-corrected chi connectivity index (χ2v) is 8.57. The van der Waals surface area contributed by atoms with Crippen LogP contribution in [0.1, 0.15) is 69.0 Å². The predicted octanol–water partition coefficient (Wildman–Crippen LogP) is 3.53. The molecule has 0 spiro atoms. The minimum absolute atomic E-state index is 0.0847. The summed E-state index contributed by atoms with van der Waals surface area (Å²) in [5, 5.41) is 13.8.